The maximum atomic E-state index is 12.4. The first-order chi connectivity index (χ1) is 12.5. The molecule has 1 aromatic heterocycles. The lowest BCUT2D eigenvalue weighted by Gasteiger charge is -2.06. The van der Waals surface area contributed by atoms with Gasteiger partial charge in [-0.3, -0.25) is 4.79 Å². The molecule has 3 aromatic rings. The van der Waals surface area contributed by atoms with E-state index in [1.54, 1.807) is 13.8 Å². The molecule has 0 unspecified atom stereocenters. The minimum absolute atomic E-state index is 0.0631. The van der Waals surface area contributed by atoms with E-state index in [1.165, 1.54) is 6.92 Å². The fourth-order valence-electron chi connectivity index (χ4n) is 3.13. The van der Waals surface area contributed by atoms with Crippen molar-refractivity contribution in [2.75, 3.05) is 0 Å². The van der Waals surface area contributed by atoms with Crippen LogP contribution in [-0.4, -0.2) is 16.7 Å². The number of H-pyrrole nitrogens is 1. The lowest BCUT2D eigenvalue weighted by molar-refractivity contribution is 0.0465. The average Bonchev–Trinajstić information content (AvgIpc) is 2.95. The van der Waals surface area contributed by atoms with Gasteiger partial charge in [-0.2, -0.15) is 0 Å². The molecule has 0 amide bonds. The molecule has 132 valence electrons. The topological polar surface area (TPSA) is 59.2 Å². The second-order valence-corrected chi connectivity index (χ2v) is 6.32. The number of hydrogen-bond donors (Lipinski definition) is 1. The number of hydrogen-bond acceptors (Lipinski definition) is 3. The highest BCUT2D eigenvalue weighted by Gasteiger charge is 2.20. The van der Waals surface area contributed by atoms with E-state index >= 15 is 0 Å². The summed E-state index contributed by atoms with van der Waals surface area (Å²) in [6, 6.07) is 18.0. The quantitative estimate of drug-likeness (QED) is 0.530. The lowest BCUT2D eigenvalue weighted by Crippen LogP contribution is -2.07. The van der Waals surface area contributed by atoms with Crippen molar-refractivity contribution in [3.63, 3.8) is 0 Å². The zero-order chi connectivity index (χ0) is 18.7. The number of nitrogens with one attached hydrogen (secondary N) is 1. The van der Waals surface area contributed by atoms with Gasteiger partial charge in [0.2, 0.25) is 0 Å². The van der Waals surface area contributed by atoms with E-state index in [0.717, 1.165) is 16.7 Å². The number of aromatic amines is 1. The molecule has 4 heteroatoms. The van der Waals surface area contributed by atoms with Crippen molar-refractivity contribution in [3.8, 4) is 11.1 Å². The molecule has 0 aliphatic carbocycles. The second-order valence-electron chi connectivity index (χ2n) is 6.32. The van der Waals surface area contributed by atoms with Crippen LogP contribution in [0.3, 0.4) is 0 Å². The van der Waals surface area contributed by atoms with Gasteiger partial charge in [-0.25, -0.2) is 4.79 Å². The third-order valence-corrected chi connectivity index (χ3v) is 4.42. The molecule has 0 bridgehead atoms. The summed E-state index contributed by atoms with van der Waals surface area (Å²) in [7, 11) is 0. The van der Waals surface area contributed by atoms with Crippen LogP contribution in [-0.2, 0) is 11.3 Å². The van der Waals surface area contributed by atoms with Crippen molar-refractivity contribution in [1.82, 2.24) is 4.98 Å². The van der Waals surface area contributed by atoms with E-state index in [9.17, 15) is 9.59 Å². The molecule has 1 heterocycles. The minimum atomic E-state index is -0.453. The van der Waals surface area contributed by atoms with Crippen LogP contribution >= 0.6 is 0 Å². The van der Waals surface area contributed by atoms with Crippen LogP contribution in [0.1, 0.15) is 44.6 Å². The van der Waals surface area contributed by atoms with Crippen molar-refractivity contribution in [2.45, 2.75) is 27.4 Å². The maximum absolute atomic E-state index is 12.4. The minimum Gasteiger partial charge on any atom is -0.456 e. The molecule has 0 aliphatic heterocycles. The van der Waals surface area contributed by atoms with E-state index in [-0.39, 0.29) is 12.4 Å². The summed E-state index contributed by atoms with van der Waals surface area (Å²) >= 11 is 0. The van der Waals surface area contributed by atoms with Gasteiger partial charge in [0.25, 0.3) is 0 Å². The van der Waals surface area contributed by atoms with Crippen molar-refractivity contribution >= 4 is 11.8 Å². The number of ether oxygens (including phenoxy) is 1. The normalized spacial score (nSPS) is 10.6. The van der Waals surface area contributed by atoms with Gasteiger partial charge in [0.05, 0.1) is 0 Å². The van der Waals surface area contributed by atoms with Crippen molar-refractivity contribution in [3.05, 3.63) is 82.7 Å². The number of carbonyl (C=O) groups excluding carboxylic acids is 2. The monoisotopic (exact) mass is 347 g/mol. The first-order valence-corrected chi connectivity index (χ1v) is 8.49. The molecular formula is C22H21NO3. The van der Waals surface area contributed by atoms with Gasteiger partial charge >= 0.3 is 5.97 Å². The van der Waals surface area contributed by atoms with Crippen LogP contribution in [0.4, 0.5) is 0 Å². The van der Waals surface area contributed by atoms with Crippen LogP contribution in [0, 0.1) is 13.8 Å². The van der Waals surface area contributed by atoms with Gasteiger partial charge in [-0.05, 0) is 43.0 Å². The van der Waals surface area contributed by atoms with Crippen LogP contribution < -0.4 is 0 Å². The van der Waals surface area contributed by atoms with E-state index in [2.05, 4.69) is 17.1 Å². The summed E-state index contributed by atoms with van der Waals surface area (Å²) in [6.45, 7) is 5.21. The van der Waals surface area contributed by atoms with E-state index in [4.69, 9.17) is 4.74 Å². The smallest absolute Gasteiger partial charge is 0.355 e. The highest BCUT2D eigenvalue weighted by atomic mass is 16.5. The molecule has 3 rings (SSSR count). The SMILES string of the molecule is CC(=O)c1c(C)[nH]c(C(=O)OCc2ccc(-c3ccccc3)cc2)c1C. The first-order valence-electron chi connectivity index (χ1n) is 8.49. The van der Waals surface area contributed by atoms with Crippen LogP contribution in [0.5, 0.6) is 0 Å². The van der Waals surface area contributed by atoms with E-state index < -0.39 is 5.97 Å². The van der Waals surface area contributed by atoms with Crippen molar-refractivity contribution in [2.24, 2.45) is 0 Å². The van der Waals surface area contributed by atoms with Crippen LogP contribution in [0.15, 0.2) is 54.6 Å². The second kappa shape index (κ2) is 7.40. The predicted molar refractivity (Wildman–Crippen MR) is 101 cm³/mol. The van der Waals surface area contributed by atoms with Gasteiger partial charge in [-0.1, -0.05) is 54.6 Å². The fourth-order valence-corrected chi connectivity index (χ4v) is 3.13. The Bertz CT molecular complexity index is 938. The zero-order valence-electron chi connectivity index (χ0n) is 15.1. The van der Waals surface area contributed by atoms with Crippen molar-refractivity contribution < 1.29 is 14.3 Å². The third kappa shape index (κ3) is 3.59. The summed E-state index contributed by atoms with van der Waals surface area (Å²) in [5.74, 6) is -0.517. The Morgan fingerprint density at radius 1 is 0.923 bits per heavy atom. The number of aryl methyl sites for hydroxylation is 1. The first kappa shape index (κ1) is 17.7. The van der Waals surface area contributed by atoms with Gasteiger partial charge in [-0.15, -0.1) is 0 Å². The third-order valence-electron chi connectivity index (χ3n) is 4.42. The summed E-state index contributed by atoms with van der Waals surface area (Å²) in [6.07, 6.45) is 0. The molecule has 26 heavy (non-hydrogen) atoms. The Labute approximate surface area is 152 Å². The standard InChI is InChI=1S/C22H21NO3/c1-14-20(16(3)24)15(2)23-21(14)22(25)26-13-17-9-11-19(12-10-17)18-7-5-4-6-8-18/h4-12,23H,13H2,1-3H3. The van der Waals surface area contributed by atoms with Gasteiger partial charge in [0, 0.05) is 11.3 Å². The van der Waals surface area contributed by atoms with Gasteiger partial charge in [0.1, 0.15) is 12.3 Å². The maximum Gasteiger partial charge on any atom is 0.355 e. The Morgan fingerprint density at radius 2 is 1.54 bits per heavy atom. The molecule has 0 saturated heterocycles. The number of benzene rings is 2. The summed E-state index contributed by atoms with van der Waals surface area (Å²) < 4.78 is 5.41. The Morgan fingerprint density at radius 3 is 2.12 bits per heavy atom. The largest absolute Gasteiger partial charge is 0.456 e. The number of rotatable bonds is 5. The summed E-state index contributed by atoms with van der Waals surface area (Å²) in [5.41, 5.74) is 5.39. The summed E-state index contributed by atoms with van der Waals surface area (Å²) in [4.78, 5) is 27.0. The molecule has 0 atom stereocenters. The molecule has 4 nitrogen and oxygen atoms in total. The molecule has 2 aromatic carbocycles. The van der Waals surface area contributed by atoms with E-state index in [0.29, 0.717) is 22.5 Å². The molecule has 1 N–H and O–H groups in total. The van der Waals surface area contributed by atoms with Crippen LogP contribution in [0.2, 0.25) is 0 Å². The number of ketones is 1. The van der Waals surface area contributed by atoms with Gasteiger partial charge in [0.15, 0.2) is 5.78 Å². The molecule has 0 aliphatic rings. The molecule has 0 radical (unpaired) electrons. The number of carbonyl (C=O) groups is 2. The number of esters is 1. The molecule has 0 fully saturated rings. The fraction of sp³-hybridized carbons (Fsp3) is 0.182. The van der Waals surface area contributed by atoms with Crippen LogP contribution in [0.25, 0.3) is 11.1 Å². The highest BCUT2D eigenvalue weighted by Crippen LogP contribution is 2.21. The van der Waals surface area contributed by atoms with E-state index in [1.807, 2.05) is 42.5 Å². The Kier molecular flexibility index (Phi) is 5.03. The van der Waals surface area contributed by atoms with Gasteiger partial charge < -0.3 is 9.72 Å². The number of aromatic nitrogens is 1. The zero-order valence-corrected chi connectivity index (χ0v) is 15.1. The highest BCUT2D eigenvalue weighted by molar-refractivity contribution is 6.01. The lowest BCUT2D eigenvalue weighted by atomic mass is 10.0. The Hall–Kier alpha value is -3.14. The predicted octanol–water partition coefficient (Wildman–Crippen LogP) is 4.86. The van der Waals surface area contributed by atoms with Crippen molar-refractivity contribution in [1.29, 1.82) is 0 Å². The molecular weight excluding hydrogens is 326 g/mol. The number of Topliss-reactive ketones (excluding diaryl/α,β-unsaturated/α-hetero) is 1. The average molecular weight is 347 g/mol. The molecule has 0 spiro atoms. The molecule has 0 saturated carbocycles. The summed E-state index contributed by atoms with van der Waals surface area (Å²) in [5, 5.41) is 0. The Balaban J connectivity index is 1.69.